The number of pyridine rings is 1. The summed E-state index contributed by atoms with van der Waals surface area (Å²) < 4.78 is 6.73. The van der Waals surface area contributed by atoms with Crippen LogP contribution in [0, 0.1) is 0 Å². The zero-order valence-electron chi connectivity index (χ0n) is 14.1. The van der Waals surface area contributed by atoms with E-state index in [-0.39, 0.29) is 12.6 Å². The largest absolute Gasteiger partial charge is 0.460 e. The standard InChI is InChI=1S/C20H14ClN3O2S/c21-17-14-6-2-4-8-16(14)27-18(17)19(25)23-24-10-13-9-12-5-1-3-7-15(12)22-20(13)26-11-24/h1-9H,10-11H2,(H,23,25). The lowest BCUT2D eigenvalue weighted by Gasteiger charge is -2.28. The van der Waals surface area contributed by atoms with Gasteiger partial charge in [-0.2, -0.15) is 5.01 Å². The number of hydrogen-bond donors (Lipinski definition) is 1. The number of nitrogens with zero attached hydrogens (tertiary/aromatic N) is 2. The molecule has 1 aliphatic heterocycles. The number of carbonyl (C=O) groups excluding carboxylic acids is 1. The molecule has 5 rings (SSSR count). The summed E-state index contributed by atoms with van der Waals surface area (Å²) in [4.78, 5) is 17.8. The summed E-state index contributed by atoms with van der Waals surface area (Å²) in [6, 6.07) is 17.7. The van der Waals surface area contributed by atoms with Gasteiger partial charge in [0.05, 0.1) is 17.1 Å². The summed E-state index contributed by atoms with van der Waals surface area (Å²) in [5, 5.41) is 4.15. The maximum Gasteiger partial charge on any atom is 0.277 e. The Morgan fingerprint density at radius 1 is 1.19 bits per heavy atom. The fourth-order valence-electron chi connectivity index (χ4n) is 3.20. The number of ether oxygens (including phenoxy) is 1. The number of fused-ring (bicyclic) bond motifs is 3. The van der Waals surface area contributed by atoms with Crippen LogP contribution in [0.3, 0.4) is 0 Å². The molecule has 0 fully saturated rings. The summed E-state index contributed by atoms with van der Waals surface area (Å²) in [6.45, 7) is 0.744. The maximum absolute atomic E-state index is 12.7. The number of para-hydroxylation sites is 1. The van der Waals surface area contributed by atoms with Crippen LogP contribution in [-0.2, 0) is 6.54 Å². The van der Waals surface area contributed by atoms with Crippen LogP contribution in [0.1, 0.15) is 15.2 Å². The first-order valence-electron chi connectivity index (χ1n) is 8.43. The molecule has 0 radical (unpaired) electrons. The number of amides is 1. The van der Waals surface area contributed by atoms with Gasteiger partial charge in [0.2, 0.25) is 5.88 Å². The molecule has 0 spiro atoms. The first kappa shape index (κ1) is 16.5. The second kappa shape index (κ2) is 6.49. The second-order valence-corrected chi connectivity index (χ2v) is 7.73. The van der Waals surface area contributed by atoms with Crippen molar-refractivity contribution >= 4 is 49.8 Å². The van der Waals surface area contributed by atoms with Crippen LogP contribution in [-0.4, -0.2) is 22.6 Å². The molecule has 0 saturated carbocycles. The van der Waals surface area contributed by atoms with E-state index in [0.717, 1.165) is 26.6 Å². The Bertz CT molecular complexity index is 1190. The van der Waals surface area contributed by atoms with Gasteiger partial charge in [-0.15, -0.1) is 11.3 Å². The van der Waals surface area contributed by atoms with E-state index >= 15 is 0 Å². The predicted octanol–water partition coefficient (Wildman–Crippen LogP) is 4.60. The molecule has 0 atom stereocenters. The number of nitrogens with one attached hydrogen (secondary N) is 1. The molecule has 1 amide bonds. The van der Waals surface area contributed by atoms with E-state index in [1.807, 2.05) is 54.6 Å². The maximum atomic E-state index is 12.7. The van der Waals surface area contributed by atoms with E-state index in [0.29, 0.717) is 22.3 Å². The van der Waals surface area contributed by atoms with Crippen molar-refractivity contribution in [2.24, 2.45) is 0 Å². The van der Waals surface area contributed by atoms with Crippen LogP contribution in [0.15, 0.2) is 54.6 Å². The van der Waals surface area contributed by atoms with Gasteiger partial charge in [-0.1, -0.05) is 48.0 Å². The molecule has 0 unspecified atom stereocenters. The van der Waals surface area contributed by atoms with Crippen LogP contribution < -0.4 is 10.2 Å². The number of hydrazine groups is 1. The fourth-order valence-corrected chi connectivity index (χ4v) is 4.60. The molecule has 0 bridgehead atoms. The van der Waals surface area contributed by atoms with Gasteiger partial charge in [0, 0.05) is 21.0 Å². The Labute approximate surface area is 164 Å². The van der Waals surface area contributed by atoms with E-state index in [2.05, 4.69) is 10.4 Å². The number of aromatic nitrogens is 1. The zero-order chi connectivity index (χ0) is 18.4. The van der Waals surface area contributed by atoms with Crippen LogP contribution in [0.4, 0.5) is 0 Å². The quantitative estimate of drug-likeness (QED) is 0.539. The third-order valence-electron chi connectivity index (χ3n) is 4.48. The fraction of sp³-hybridized carbons (Fsp3) is 0.100. The average molecular weight is 396 g/mol. The van der Waals surface area contributed by atoms with Gasteiger partial charge in [0.25, 0.3) is 5.91 Å². The molecular formula is C20H14ClN3O2S. The average Bonchev–Trinajstić information content (AvgIpc) is 3.03. The summed E-state index contributed by atoms with van der Waals surface area (Å²) in [5.41, 5.74) is 4.72. The highest BCUT2D eigenvalue weighted by Crippen LogP contribution is 2.35. The highest BCUT2D eigenvalue weighted by molar-refractivity contribution is 7.21. The number of thiophene rings is 1. The van der Waals surface area contributed by atoms with Gasteiger partial charge < -0.3 is 4.74 Å². The molecule has 3 heterocycles. The number of halogens is 1. The molecule has 5 nitrogen and oxygen atoms in total. The SMILES string of the molecule is O=C(NN1COc2nc3ccccc3cc2C1)c1sc2ccccc2c1Cl. The first-order valence-corrected chi connectivity index (χ1v) is 9.63. The number of carbonyl (C=O) groups is 1. The van der Waals surface area contributed by atoms with Gasteiger partial charge >= 0.3 is 0 Å². The molecule has 0 saturated heterocycles. The highest BCUT2D eigenvalue weighted by atomic mass is 35.5. The van der Waals surface area contributed by atoms with Gasteiger partial charge in [-0.25, -0.2) is 4.98 Å². The summed E-state index contributed by atoms with van der Waals surface area (Å²) in [7, 11) is 0. The van der Waals surface area contributed by atoms with E-state index in [9.17, 15) is 4.79 Å². The molecule has 2 aromatic carbocycles. The Morgan fingerprint density at radius 2 is 2.00 bits per heavy atom. The van der Waals surface area contributed by atoms with Crippen LogP contribution >= 0.6 is 22.9 Å². The molecule has 27 heavy (non-hydrogen) atoms. The zero-order valence-corrected chi connectivity index (χ0v) is 15.7. The van der Waals surface area contributed by atoms with Crippen molar-refractivity contribution < 1.29 is 9.53 Å². The van der Waals surface area contributed by atoms with Crippen molar-refractivity contribution in [2.45, 2.75) is 6.54 Å². The highest BCUT2D eigenvalue weighted by Gasteiger charge is 2.23. The monoisotopic (exact) mass is 395 g/mol. The van der Waals surface area contributed by atoms with Crippen molar-refractivity contribution in [2.75, 3.05) is 6.73 Å². The van der Waals surface area contributed by atoms with E-state index in [4.69, 9.17) is 16.3 Å². The van der Waals surface area contributed by atoms with Crippen molar-refractivity contribution in [1.82, 2.24) is 15.4 Å². The smallest absolute Gasteiger partial charge is 0.277 e. The van der Waals surface area contributed by atoms with E-state index < -0.39 is 0 Å². The summed E-state index contributed by atoms with van der Waals surface area (Å²) in [6.07, 6.45) is 0. The molecule has 1 N–H and O–H groups in total. The van der Waals surface area contributed by atoms with Crippen LogP contribution in [0.2, 0.25) is 5.02 Å². The summed E-state index contributed by atoms with van der Waals surface area (Å²) >= 11 is 7.79. The Balaban J connectivity index is 1.39. The number of rotatable bonds is 2. The molecule has 0 aliphatic carbocycles. The van der Waals surface area contributed by atoms with Crippen LogP contribution in [0.5, 0.6) is 5.88 Å². The Hall–Kier alpha value is -2.67. The molecule has 1 aliphatic rings. The third-order valence-corrected chi connectivity index (χ3v) is 6.16. The van der Waals surface area contributed by atoms with E-state index in [1.165, 1.54) is 11.3 Å². The lowest BCUT2D eigenvalue weighted by atomic mass is 10.1. The van der Waals surface area contributed by atoms with Gasteiger partial charge in [0.1, 0.15) is 4.88 Å². The Kier molecular flexibility index (Phi) is 3.97. The molecular weight excluding hydrogens is 382 g/mol. The minimum atomic E-state index is -0.234. The minimum Gasteiger partial charge on any atom is -0.460 e. The lowest BCUT2D eigenvalue weighted by molar-refractivity contribution is 0.0372. The van der Waals surface area contributed by atoms with Crippen molar-refractivity contribution in [3.8, 4) is 5.88 Å². The van der Waals surface area contributed by atoms with E-state index in [1.54, 1.807) is 5.01 Å². The van der Waals surface area contributed by atoms with Crippen molar-refractivity contribution in [1.29, 1.82) is 0 Å². The van der Waals surface area contributed by atoms with Crippen molar-refractivity contribution in [3.05, 3.63) is 70.1 Å². The summed E-state index contributed by atoms with van der Waals surface area (Å²) in [5.74, 6) is 0.376. The Morgan fingerprint density at radius 3 is 2.89 bits per heavy atom. The molecule has 2 aromatic heterocycles. The predicted molar refractivity (Wildman–Crippen MR) is 107 cm³/mol. The number of benzene rings is 2. The second-order valence-electron chi connectivity index (χ2n) is 6.30. The minimum absolute atomic E-state index is 0.229. The molecule has 4 aromatic rings. The van der Waals surface area contributed by atoms with Crippen molar-refractivity contribution in [3.63, 3.8) is 0 Å². The third kappa shape index (κ3) is 2.92. The first-order chi connectivity index (χ1) is 13.2. The normalized spacial score (nSPS) is 14.1. The van der Waals surface area contributed by atoms with Gasteiger partial charge in [-0.3, -0.25) is 10.2 Å². The molecule has 134 valence electrons. The van der Waals surface area contributed by atoms with Crippen LogP contribution in [0.25, 0.3) is 21.0 Å². The molecule has 7 heteroatoms. The lowest BCUT2D eigenvalue weighted by Crippen LogP contribution is -2.45. The van der Waals surface area contributed by atoms with Gasteiger partial charge in [0.15, 0.2) is 6.73 Å². The topological polar surface area (TPSA) is 54.5 Å². The van der Waals surface area contributed by atoms with Gasteiger partial charge in [-0.05, 0) is 18.2 Å². The number of hydrogen-bond acceptors (Lipinski definition) is 5.